The van der Waals surface area contributed by atoms with Crippen LogP contribution in [0.15, 0.2) is 0 Å². The topological polar surface area (TPSA) is 49.4 Å². The number of carbonyl (C=O) groups excluding carboxylic acids is 2. The van der Waals surface area contributed by atoms with Gasteiger partial charge in [-0.15, -0.1) is 0 Å². The van der Waals surface area contributed by atoms with E-state index < -0.39 is 12.1 Å². The van der Waals surface area contributed by atoms with E-state index >= 15 is 0 Å². The Labute approximate surface area is 151 Å². The van der Waals surface area contributed by atoms with E-state index in [9.17, 15) is 22.8 Å². The standard InChI is InChI=1S/C19H27F3N2O2/c20-19(21,22)16(25)23-11-12-1-3-24(4-2-12)17(26)18-8-13-5-14(9-18)7-15(6-13)10-18/h12-15H,1-11H2,(H,23,25). The molecule has 26 heavy (non-hydrogen) atoms. The minimum absolute atomic E-state index is 0.0155. The third kappa shape index (κ3) is 3.33. The summed E-state index contributed by atoms with van der Waals surface area (Å²) in [6.07, 6.45) is 3.52. The molecule has 7 heteroatoms. The number of nitrogens with one attached hydrogen (secondary N) is 1. The normalized spacial score (nSPS) is 37.0. The van der Waals surface area contributed by atoms with Crippen LogP contribution in [0.3, 0.4) is 0 Å². The quantitative estimate of drug-likeness (QED) is 0.828. The smallest absolute Gasteiger partial charge is 0.348 e. The van der Waals surface area contributed by atoms with E-state index in [-0.39, 0.29) is 17.9 Å². The van der Waals surface area contributed by atoms with Crippen molar-refractivity contribution in [3.8, 4) is 0 Å². The monoisotopic (exact) mass is 372 g/mol. The first-order valence-electron chi connectivity index (χ1n) is 9.89. The van der Waals surface area contributed by atoms with E-state index in [2.05, 4.69) is 0 Å². The van der Waals surface area contributed by atoms with E-state index in [1.54, 1.807) is 0 Å². The van der Waals surface area contributed by atoms with E-state index in [0.717, 1.165) is 37.0 Å². The van der Waals surface area contributed by atoms with Gasteiger partial charge in [0.2, 0.25) is 5.91 Å². The van der Waals surface area contributed by atoms with Gasteiger partial charge in [-0.1, -0.05) is 0 Å². The van der Waals surface area contributed by atoms with Crippen molar-refractivity contribution in [2.75, 3.05) is 19.6 Å². The van der Waals surface area contributed by atoms with Crippen LogP contribution in [-0.2, 0) is 9.59 Å². The Morgan fingerprint density at radius 2 is 1.46 bits per heavy atom. The zero-order valence-electron chi connectivity index (χ0n) is 15.0. The number of rotatable bonds is 3. The maximum Gasteiger partial charge on any atom is 0.471 e. The largest absolute Gasteiger partial charge is 0.471 e. The summed E-state index contributed by atoms with van der Waals surface area (Å²) < 4.78 is 36.8. The lowest BCUT2D eigenvalue weighted by atomic mass is 9.49. The van der Waals surface area contributed by atoms with Gasteiger partial charge in [-0.3, -0.25) is 9.59 Å². The van der Waals surface area contributed by atoms with Crippen LogP contribution < -0.4 is 5.32 Å². The number of likely N-dealkylation sites (tertiary alicyclic amines) is 1. The molecular weight excluding hydrogens is 345 g/mol. The van der Waals surface area contributed by atoms with Crippen molar-refractivity contribution in [3.63, 3.8) is 0 Å². The molecule has 4 bridgehead atoms. The first-order valence-corrected chi connectivity index (χ1v) is 9.89. The van der Waals surface area contributed by atoms with Gasteiger partial charge in [0.05, 0.1) is 5.41 Å². The molecule has 4 saturated carbocycles. The van der Waals surface area contributed by atoms with Crippen molar-refractivity contribution in [1.29, 1.82) is 0 Å². The van der Waals surface area contributed by atoms with Crippen LogP contribution in [0.1, 0.15) is 51.4 Å². The summed E-state index contributed by atoms with van der Waals surface area (Å²) in [6, 6.07) is 0. The van der Waals surface area contributed by atoms with Gasteiger partial charge in [0, 0.05) is 19.6 Å². The van der Waals surface area contributed by atoms with Gasteiger partial charge in [0.25, 0.3) is 0 Å². The molecule has 146 valence electrons. The zero-order valence-corrected chi connectivity index (χ0v) is 15.0. The molecule has 0 atom stereocenters. The summed E-state index contributed by atoms with van der Waals surface area (Å²) >= 11 is 0. The second-order valence-corrected chi connectivity index (χ2v) is 9.14. The molecule has 1 aliphatic heterocycles. The van der Waals surface area contributed by atoms with Crippen molar-refractivity contribution >= 4 is 11.8 Å². The van der Waals surface area contributed by atoms with Crippen molar-refractivity contribution in [2.24, 2.45) is 29.1 Å². The lowest BCUT2D eigenvalue weighted by molar-refractivity contribution is -0.173. The Morgan fingerprint density at radius 1 is 0.962 bits per heavy atom. The summed E-state index contributed by atoms with van der Waals surface area (Å²) in [7, 11) is 0. The van der Waals surface area contributed by atoms with E-state index in [0.29, 0.717) is 31.8 Å². The number of amides is 2. The molecule has 1 N–H and O–H groups in total. The molecule has 5 aliphatic rings. The van der Waals surface area contributed by atoms with Crippen molar-refractivity contribution in [3.05, 3.63) is 0 Å². The Morgan fingerprint density at radius 3 is 1.92 bits per heavy atom. The fourth-order valence-electron chi connectivity index (χ4n) is 6.39. The summed E-state index contributed by atoms with van der Waals surface area (Å²) in [5, 5.41) is 1.98. The third-order valence-corrected chi connectivity index (χ3v) is 7.20. The predicted molar refractivity (Wildman–Crippen MR) is 89.0 cm³/mol. The molecule has 1 heterocycles. The Bertz CT molecular complexity index is 547. The van der Waals surface area contributed by atoms with Crippen LogP contribution in [0, 0.1) is 29.1 Å². The van der Waals surface area contributed by atoms with Gasteiger partial charge in [-0.05, 0) is 75.0 Å². The molecule has 5 fully saturated rings. The van der Waals surface area contributed by atoms with Gasteiger partial charge < -0.3 is 10.2 Å². The van der Waals surface area contributed by atoms with Crippen molar-refractivity contribution in [1.82, 2.24) is 10.2 Å². The van der Waals surface area contributed by atoms with Crippen LogP contribution in [0.5, 0.6) is 0 Å². The molecule has 1 saturated heterocycles. The summed E-state index contributed by atoms with van der Waals surface area (Å²) in [5.74, 6) is 0.613. The van der Waals surface area contributed by atoms with Crippen LogP contribution >= 0.6 is 0 Å². The van der Waals surface area contributed by atoms with E-state index in [1.807, 2.05) is 10.2 Å². The van der Waals surface area contributed by atoms with Crippen LogP contribution in [-0.4, -0.2) is 42.5 Å². The molecule has 4 aliphatic carbocycles. The second kappa shape index (κ2) is 6.41. The van der Waals surface area contributed by atoms with Crippen LogP contribution in [0.25, 0.3) is 0 Å². The van der Waals surface area contributed by atoms with Gasteiger partial charge in [-0.2, -0.15) is 13.2 Å². The summed E-state index contributed by atoms with van der Waals surface area (Å²) in [6.45, 7) is 1.25. The molecule has 5 rings (SSSR count). The summed E-state index contributed by atoms with van der Waals surface area (Å²) in [5.41, 5.74) is -0.147. The SMILES string of the molecule is O=C(NCC1CCN(C(=O)C23CC4CC(CC(C4)C2)C3)CC1)C(F)(F)F. The zero-order chi connectivity index (χ0) is 18.5. The Hall–Kier alpha value is -1.27. The molecule has 4 nitrogen and oxygen atoms in total. The number of nitrogens with zero attached hydrogens (tertiary/aromatic N) is 1. The maximum atomic E-state index is 13.3. The summed E-state index contributed by atoms with van der Waals surface area (Å²) in [4.78, 5) is 26.2. The minimum Gasteiger partial charge on any atom is -0.348 e. The minimum atomic E-state index is -4.82. The predicted octanol–water partition coefficient (Wildman–Crippen LogP) is 3.12. The highest BCUT2D eigenvalue weighted by molar-refractivity contribution is 5.83. The third-order valence-electron chi connectivity index (χ3n) is 7.20. The lowest BCUT2D eigenvalue weighted by Crippen LogP contribution is -2.56. The average molecular weight is 372 g/mol. The number of alkyl halides is 3. The van der Waals surface area contributed by atoms with Gasteiger partial charge >= 0.3 is 12.1 Å². The molecule has 0 aromatic heterocycles. The van der Waals surface area contributed by atoms with Crippen LogP contribution in [0.2, 0.25) is 0 Å². The Kier molecular flexibility index (Phi) is 4.47. The molecule has 2 amide bonds. The van der Waals surface area contributed by atoms with Crippen molar-refractivity contribution < 1.29 is 22.8 Å². The van der Waals surface area contributed by atoms with Crippen LogP contribution in [0.4, 0.5) is 13.2 Å². The number of hydrogen-bond acceptors (Lipinski definition) is 2. The first kappa shape index (κ1) is 18.1. The van der Waals surface area contributed by atoms with E-state index in [4.69, 9.17) is 0 Å². The van der Waals surface area contributed by atoms with Crippen molar-refractivity contribution in [2.45, 2.75) is 57.5 Å². The van der Waals surface area contributed by atoms with E-state index in [1.165, 1.54) is 19.3 Å². The lowest BCUT2D eigenvalue weighted by Gasteiger charge is -2.57. The highest BCUT2D eigenvalue weighted by Crippen LogP contribution is 2.60. The number of halogens is 3. The molecular formula is C19H27F3N2O2. The fraction of sp³-hybridized carbons (Fsp3) is 0.895. The molecule has 0 aromatic rings. The van der Waals surface area contributed by atoms with Gasteiger partial charge in [-0.25, -0.2) is 0 Å². The van der Waals surface area contributed by atoms with Gasteiger partial charge in [0.1, 0.15) is 0 Å². The number of hydrogen-bond donors (Lipinski definition) is 1. The molecule has 0 spiro atoms. The second-order valence-electron chi connectivity index (χ2n) is 9.14. The molecule has 0 radical (unpaired) electrons. The number of carbonyl (C=O) groups is 2. The number of piperidine rings is 1. The average Bonchev–Trinajstić information content (AvgIpc) is 2.57. The fourth-order valence-corrected chi connectivity index (χ4v) is 6.39. The Balaban J connectivity index is 1.30. The maximum absolute atomic E-state index is 13.3. The molecule has 0 aromatic carbocycles. The molecule has 0 unspecified atom stereocenters. The highest BCUT2D eigenvalue weighted by atomic mass is 19.4. The highest BCUT2D eigenvalue weighted by Gasteiger charge is 2.55. The van der Waals surface area contributed by atoms with Gasteiger partial charge in [0.15, 0.2) is 0 Å². The first-order chi connectivity index (χ1) is 12.2.